The Morgan fingerprint density at radius 2 is 1.65 bits per heavy atom. The zero-order valence-corrected chi connectivity index (χ0v) is 9.39. The summed E-state index contributed by atoms with van der Waals surface area (Å²) in [6.45, 7) is 0. The van der Waals surface area contributed by atoms with E-state index in [4.69, 9.17) is 5.73 Å². The predicted octanol–water partition coefficient (Wildman–Crippen LogP) is 2.45. The Balaban J connectivity index is 1.96. The van der Waals surface area contributed by atoms with Crippen LogP contribution in [0, 0.1) is 0 Å². The van der Waals surface area contributed by atoms with Gasteiger partial charge in [-0.05, 0) is 29.8 Å². The zero-order valence-electron chi connectivity index (χ0n) is 9.39. The van der Waals surface area contributed by atoms with Crippen molar-refractivity contribution in [3.63, 3.8) is 0 Å². The fourth-order valence-corrected chi connectivity index (χ4v) is 1.55. The molecule has 0 aliphatic heterocycles. The highest BCUT2D eigenvalue weighted by Crippen LogP contribution is 2.09. The molecule has 0 heterocycles. The van der Waals surface area contributed by atoms with Crippen LogP contribution < -0.4 is 11.1 Å². The molecule has 3 heteroatoms. The second-order valence-corrected chi connectivity index (χ2v) is 3.83. The average molecular weight is 226 g/mol. The number of benzene rings is 2. The number of nitrogens with one attached hydrogen (secondary N) is 1. The lowest BCUT2D eigenvalue weighted by Crippen LogP contribution is -2.14. The van der Waals surface area contributed by atoms with E-state index in [0.717, 1.165) is 11.3 Å². The molecule has 2 aromatic carbocycles. The van der Waals surface area contributed by atoms with Crippen molar-refractivity contribution in [2.45, 2.75) is 6.42 Å². The molecule has 0 spiro atoms. The summed E-state index contributed by atoms with van der Waals surface area (Å²) < 4.78 is 0. The highest BCUT2D eigenvalue weighted by Gasteiger charge is 2.03. The van der Waals surface area contributed by atoms with Crippen molar-refractivity contribution in [2.24, 2.45) is 0 Å². The van der Waals surface area contributed by atoms with Gasteiger partial charge in [0.25, 0.3) is 0 Å². The van der Waals surface area contributed by atoms with Crippen LogP contribution in [0.1, 0.15) is 5.56 Å². The Morgan fingerprint density at radius 3 is 2.29 bits per heavy atom. The third kappa shape index (κ3) is 3.34. The summed E-state index contributed by atoms with van der Waals surface area (Å²) in [5, 5.41) is 2.83. The van der Waals surface area contributed by atoms with Crippen LogP contribution in [0.2, 0.25) is 0 Å². The maximum atomic E-state index is 11.7. The second kappa shape index (κ2) is 5.16. The number of nitrogens with two attached hydrogens (primary N) is 1. The summed E-state index contributed by atoms with van der Waals surface area (Å²) in [6.07, 6.45) is 0.356. The Morgan fingerprint density at radius 1 is 1.00 bits per heavy atom. The van der Waals surface area contributed by atoms with Crippen molar-refractivity contribution >= 4 is 17.3 Å². The standard InChI is InChI=1S/C14H14N2O/c15-12-8-6-11(7-9-12)10-14(17)16-13-4-2-1-3-5-13/h1-9H,10,15H2,(H,16,17). The monoisotopic (exact) mass is 226 g/mol. The van der Waals surface area contributed by atoms with Crippen LogP contribution in [0.4, 0.5) is 11.4 Å². The quantitative estimate of drug-likeness (QED) is 0.790. The number of nitrogen functional groups attached to an aromatic ring is 1. The van der Waals surface area contributed by atoms with E-state index in [1.165, 1.54) is 0 Å². The van der Waals surface area contributed by atoms with Crippen molar-refractivity contribution in [3.8, 4) is 0 Å². The van der Waals surface area contributed by atoms with Gasteiger partial charge in [0.2, 0.25) is 5.91 Å². The van der Waals surface area contributed by atoms with E-state index in [-0.39, 0.29) is 5.91 Å². The lowest BCUT2D eigenvalue weighted by molar-refractivity contribution is -0.115. The fraction of sp³-hybridized carbons (Fsp3) is 0.0714. The summed E-state index contributed by atoms with van der Waals surface area (Å²) >= 11 is 0. The summed E-state index contributed by atoms with van der Waals surface area (Å²) in [5.41, 5.74) is 8.05. The van der Waals surface area contributed by atoms with Crippen molar-refractivity contribution in [2.75, 3.05) is 11.1 Å². The Bertz CT molecular complexity index is 491. The molecule has 0 saturated heterocycles. The number of amides is 1. The number of carbonyl (C=O) groups excluding carboxylic acids is 1. The maximum absolute atomic E-state index is 11.7. The number of carbonyl (C=O) groups is 1. The molecule has 0 fully saturated rings. The number of hydrogen-bond donors (Lipinski definition) is 2. The first-order valence-electron chi connectivity index (χ1n) is 5.43. The van der Waals surface area contributed by atoms with E-state index in [2.05, 4.69) is 5.32 Å². The first-order valence-corrected chi connectivity index (χ1v) is 5.43. The van der Waals surface area contributed by atoms with Crippen LogP contribution in [0.3, 0.4) is 0 Å². The van der Waals surface area contributed by atoms with Crippen LogP contribution >= 0.6 is 0 Å². The summed E-state index contributed by atoms with van der Waals surface area (Å²) in [5.74, 6) is -0.0269. The molecule has 2 rings (SSSR count). The van der Waals surface area contributed by atoms with Gasteiger partial charge in [0.15, 0.2) is 0 Å². The van der Waals surface area contributed by atoms with Gasteiger partial charge in [-0.15, -0.1) is 0 Å². The molecule has 0 radical (unpaired) electrons. The predicted molar refractivity (Wildman–Crippen MR) is 69.6 cm³/mol. The van der Waals surface area contributed by atoms with E-state index >= 15 is 0 Å². The van der Waals surface area contributed by atoms with Crippen LogP contribution in [-0.2, 0) is 11.2 Å². The van der Waals surface area contributed by atoms with E-state index in [1.807, 2.05) is 42.5 Å². The van der Waals surface area contributed by atoms with E-state index in [1.54, 1.807) is 12.1 Å². The van der Waals surface area contributed by atoms with Gasteiger partial charge < -0.3 is 11.1 Å². The molecule has 3 N–H and O–H groups in total. The Hall–Kier alpha value is -2.29. The first kappa shape index (κ1) is 11.2. The van der Waals surface area contributed by atoms with Crippen LogP contribution in [0.15, 0.2) is 54.6 Å². The molecule has 1 amide bonds. The molecule has 86 valence electrons. The highest BCUT2D eigenvalue weighted by molar-refractivity contribution is 5.92. The smallest absolute Gasteiger partial charge is 0.228 e. The Kier molecular flexibility index (Phi) is 3.40. The number of hydrogen-bond acceptors (Lipinski definition) is 2. The molecule has 17 heavy (non-hydrogen) atoms. The molecule has 0 saturated carbocycles. The molecule has 0 bridgehead atoms. The van der Waals surface area contributed by atoms with E-state index in [0.29, 0.717) is 12.1 Å². The van der Waals surface area contributed by atoms with Gasteiger partial charge in [-0.2, -0.15) is 0 Å². The normalized spacial score (nSPS) is 9.88. The largest absolute Gasteiger partial charge is 0.399 e. The van der Waals surface area contributed by atoms with Crippen molar-refractivity contribution in [3.05, 3.63) is 60.2 Å². The van der Waals surface area contributed by atoms with Crippen molar-refractivity contribution in [1.82, 2.24) is 0 Å². The van der Waals surface area contributed by atoms with Gasteiger partial charge in [-0.3, -0.25) is 4.79 Å². The van der Waals surface area contributed by atoms with Gasteiger partial charge in [0.05, 0.1) is 6.42 Å². The minimum Gasteiger partial charge on any atom is -0.399 e. The summed E-state index contributed by atoms with van der Waals surface area (Å²) in [7, 11) is 0. The van der Waals surface area contributed by atoms with Crippen molar-refractivity contribution < 1.29 is 4.79 Å². The highest BCUT2D eigenvalue weighted by atomic mass is 16.1. The van der Waals surface area contributed by atoms with E-state index in [9.17, 15) is 4.79 Å². The topological polar surface area (TPSA) is 55.1 Å². The van der Waals surface area contributed by atoms with Crippen LogP contribution in [0.25, 0.3) is 0 Å². The van der Waals surface area contributed by atoms with Gasteiger partial charge in [0, 0.05) is 11.4 Å². The van der Waals surface area contributed by atoms with Crippen LogP contribution in [0.5, 0.6) is 0 Å². The van der Waals surface area contributed by atoms with Gasteiger partial charge >= 0.3 is 0 Å². The molecule has 0 aromatic heterocycles. The third-order valence-electron chi connectivity index (χ3n) is 2.40. The molecular weight excluding hydrogens is 212 g/mol. The van der Waals surface area contributed by atoms with Gasteiger partial charge in [-0.25, -0.2) is 0 Å². The Labute approximate surface area is 100 Å². The molecular formula is C14H14N2O. The third-order valence-corrected chi connectivity index (χ3v) is 2.40. The lowest BCUT2D eigenvalue weighted by Gasteiger charge is -2.05. The molecule has 2 aromatic rings. The van der Waals surface area contributed by atoms with Gasteiger partial charge in [0.1, 0.15) is 0 Å². The molecule has 0 aliphatic carbocycles. The SMILES string of the molecule is Nc1ccc(CC(=O)Nc2ccccc2)cc1. The van der Waals surface area contributed by atoms with Crippen molar-refractivity contribution in [1.29, 1.82) is 0 Å². The maximum Gasteiger partial charge on any atom is 0.228 e. The minimum atomic E-state index is -0.0269. The fourth-order valence-electron chi connectivity index (χ4n) is 1.55. The number of anilines is 2. The molecule has 0 atom stereocenters. The van der Waals surface area contributed by atoms with Crippen LogP contribution in [-0.4, -0.2) is 5.91 Å². The lowest BCUT2D eigenvalue weighted by atomic mass is 10.1. The van der Waals surface area contributed by atoms with E-state index < -0.39 is 0 Å². The first-order chi connectivity index (χ1) is 8.24. The molecule has 0 unspecified atom stereocenters. The number of para-hydroxylation sites is 1. The van der Waals surface area contributed by atoms with Gasteiger partial charge in [-0.1, -0.05) is 30.3 Å². The summed E-state index contributed by atoms with van der Waals surface area (Å²) in [4.78, 5) is 11.7. The minimum absolute atomic E-state index is 0.0269. The zero-order chi connectivity index (χ0) is 12.1. The number of rotatable bonds is 3. The summed E-state index contributed by atoms with van der Waals surface area (Å²) in [6, 6.07) is 16.7. The molecule has 0 aliphatic rings. The molecule has 3 nitrogen and oxygen atoms in total. The average Bonchev–Trinajstić information content (AvgIpc) is 2.33. The second-order valence-electron chi connectivity index (χ2n) is 3.83.